The quantitative estimate of drug-likeness (QED) is 0.570. The van der Waals surface area contributed by atoms with E-state index in [2.05, 4.69) is 22.4 Å². The van der Waals surface area contributed by atoms with Crippen molar-refractivity contribution in [2.45, 2.75) is 33.1 Å². The van der Waals surface area contributed by atoms with E-state index in [4.69, 9.17) is 11.6 Å². The lowest BCUT2D eigenvalue weighted by Gasteiger charge is -1.99. The summed E-state index contributed by atoms with van der Waals surface area (Å²) in [6.45, 7) is 4.22. The zero-order chi connectivity index (χ0) is 14.4. The van der Waals surface area contributed by atoms with Crippen LogP contribution in [0.5, 0.6) is 0 Å². The van der Waals surface area contributed by atoms with Gasteiger partial charge >= 0.3 is 0 Å². The van der Waals surface area contributed by atoms with Crippen molar-refractivity contribution in [2.75, 3.05) is 5.43 Å². The fourth-order valence-corrected chi connectivity index (χ4v) is 2.50. The minimum Gasteiger partial charge on any atom is -0.253 e. The molecule has 3 nitrogen and oxygen atoms in total. The second-order valence-corrected chi connectivity index (χ2v) is 5.90. The van der Waals surface area contributed by atoms with E-state index in [-0.39, 0.29) is 0 Å². The van der Waals surface area contributed by atoms with Gasteiger partial charge in [-0.2, -0.15) is 5.10 Å². The van der Waals surface area contributed by atoms with Crippen molar-refractivity contribution in [3.63, 3.8) is 0 Å². The van der Waals surface area contributed by atoms with Crippen molar-refractivity contribution in [1.29, 1.82) is 0 Å². The van der Waals surface area contributed by atoms with Crippen LogP contribution in [0, 0.1) is 0 Å². The van der Waals surface area contributed by atoms with E-state index in [1.807, 2.05) is 36.6 Å². The lowest BCUT2D eigenvalue weighted by atomic mass is 10.2. The first-order chi connectivity index (χ1) is 9.69. The van der Waals surface area contributed by atoms with E-state index in [0.717, 1.165) is 33.5 Å². The first-order valence-corrected chi connectivity index (χ1v) is 7.95. The van der Waals surface area contributed by atoms with E-state index in [9.17, 15) is 0 Å². The SMILES string of the molecule is CCCC/C(C)=N/Nc1nc(-c2ccc(Cl)cc2)cs1. The average molecular weight is 308 g/mol. The zero-order valence-corrected chi connectivity index (χ0v) is 13.3. The van der Waals surface area contributed by atoms with Gasteiger partial charge in [0.15, 0.2) is 0 Å². The van der Waals surface area contributed by atoms with Crippen molar-refractivity contribution in [3.8, 4) is 11.3 Å². The van der Waals surface area contributed by atoms with Crippen LogP contribution in [0.25, 0.3) is 11.3 Å². The van der Waals surface area contributed by atoms with Gasteiger partial charge in [-0.05, 0) is 31.9 Å². The molecule has 0 unspecified atom stereocenters. The summed E-state index contributed by atoms with van der Waals surface area (Å²) < 4.78 is 0. The summed E-state index contributed by atoms with van der Waals surface area (Å²) in [6, 6.07) is 7.68. The fraction of sp³-hybridized carbons (Fsp3) is 0.333. The fourth-order valence-electron chi connectivity index (χ4n) is 1.71. The van der Waals surface area contributed by atoms with Crippen molar-refractivity contribution in [2.24, 2.45) is 5.10 Å². The van der Waals surface area contributed by atoms with Crippen LogP contribution in [0.3, 0.4) is 0 Å². The molecule has 0 amide bonds. The lowest BCUT2D eigenvalue weighted by molar-refractivity contribution is 0.832. The molecule has 0 saturated carbocycles. The minimum absolute atomic E-state index is 0.735. The molecule has 5 heteroatoms. The predicted molar refractivity (Wildman–Crippen MR) is 88.8 cm³/mol. The number of hydrazone groups is 1. The molecule has 1 aromatic heterocycles. The predicted octanol–water partition coefficient (Wildman–Crippen LogP) is 5.44. The normalized spacial score (nSPS) is 11.7. The third kappa shape index (κ3) is 4.32. The molecule has 1 aromatic carbocycles. The van der Waals surface area contributed by atoms with Crippen LogP contribution in [0.4, 0.5) is 5.13 Å². The number of unbranched alkanes of at least 4 members (excludes halogenated alkanes) is 1. The molecular formula is C15H18ClN3S. The molecule has 0 aliphatic heterocycles. The number of nitrogens with one attached hydrogen (secondary N) is 1. The van der Waals surface area contributed by atoms with Crippen LogP contribution in [-0.4, -0.2) is 10.7 Å². The van der Waals surface area contributed by atoms with Gasteiger partial charge in [-0.3, -0.25) is 5.43 Å². The Morgan fingerprint density at radius 2 is 2.10 bits per heavy atom. The van der Waals surface area contributed by atoms with E-state index >= 15 is 0 Å². The molecule has 0 aliphatic carbocycles. The van der Waals surface area contributed by atoms with Gasteiger partial charge in [0.05, 0.1) is 5.69 Å². The highest BCUT2D eigenvalue weighted by molar-refractivity contribution is 7.14. The molecule has 106 valence electrons. The monoisotopic (exact) mass is 307 g/mol. The van der Waals surface area contributed by atoms with Crippen molar-refractivity contribution in [3.05, 3.63) is 34.7 Å². The van der Waals surface area contributed by atoms with Gasteiger partial charge < -0.3 is 0 Å². The molecule has 1 N–H and O–H groups in total. The van der Waals surface area contributed by atoms with Crippen LogP contribution in [0.1, 0.15) is 33.1 Å². The zero-order valence-electron chi connectivity index (χ0n) is 11.7. The number of benzene rings is 1. The standard InChI is InChI=1S/C15H18ClN3S/c1-3-4-5-11(2)18-19-15-17-14(10-20-15)12-6-8-13(16)9-7-12/h6-10H,3-5H2,1-2H3,(H,17,19)/b18-11+. The van der Waals surface area contributed by atoms with Crippen LogP contribution in [0.15, 0.2) is 34.7 Å². The second-order valence-electron chi connectivity index (χ2n) is 4.61. The van der Waals surface area contributed by atoms with E-state index in [0.29, 0.717) is 0 Å². The van der Waals surface area contributed by atoms with Crippen LogP contribution >= 0.6 is 22.9 Å². The summed E-state index contributed by atoms with van der Waals surface area (Å²) in [5.74, 6) is 0. The first kappa shape index (κ1) is 15.0. The molecule has 0 spiro atoms. The van der Waals surface area contributed by atoms with Crippen LogP contribution in [0.2, 0.25) is 5.02 Å². The third-order valence-corrected chi connectivity index (χ3v) is 3.88. The Morgan fingerprint density at radius 3 is 2.80 bits per heavy atom. The number of anilines is 1. The Bertz CT molecular complexity index is 575. The number of thiazole rings is 1. The van der Waals surface area contributed by atoms with Gasteiger partial charge in [-0.25, -0.2) is 4.98 Å². The van der Waals surface area contributed by atoms with Crippen LogP contribution < -0.4 is 5.43 Å². The van der Waals surface area contributed by atoms with Crippen molar-refractivity contribution in [1.82, 2.24) is 4.98 Å². The van der Waals surface area contributed by atoms with Gasteiger partial charge in [0.1, 0.15) is 0 Å². The minimum atomic E-state index is 0.735. The Balaban J connectivity index is 2.00. The number of nitrogens with zero attached hydrogens (tertiary/aromatic N) is 2. The van der Waals surface area contributed by atoms with Gasteiger partial charge in [0.2, 0.25) is 5.13 Å². The first-order valence-electron chi connectivity index (χ1n) is 6.69. The summed E-state index contributed by atoms with van der Waals surface area (Å²) in [4.78, 5) is 4.52. The van der Waals surface area contributed by atoms with E-state index in [1.54, 1.807) is 11.3 Å². The largest absolute Gasteiger partial charge is 0.253 e. The molecule has 0 radical (unpaired) electrons. The number of hydrogen-bond donors (Lipinski definition) is 1. The van der Waals surface area contributed by atoms with Gasteiger partial charge in [-0.15, -0.1) is 11.3 Å². The molecular weight excluding hydrogens is 290 g/mol. The van der Waals surface area contributed by atoms with Crippen molar-refractivity contribution < 1.29 is 0 Å². The van der Waals surface area contributed by atoms with Gasteiger partial charge in [0.25, 0.3) is 0 Å². The van der Waals surface area contributed by atoms with Crippen molar-refractivity contribution >= 4 is 33.8 Å². The van der Waals surface area contributed by atoms with Crippen LogP contribution in [-0.2, 0) is 0 Å². The Hall–Kier alpha value is -1.39. The lowest BCUT2D eigenvalue weighted by Crippen LogP contribution is -1.97. The molecule has 0 saturated heterocycles. The molecule has 0 aliphatic rings. The molecule has 0 atom stereocenters. The Morgan fingerprint density at radius 1 is 1.35 bits per heavy atom. The summed E-state index contributed by atoms with van der Waals surface area (Å²) in [5, 5.41) is 7.91. The maximum absolute atomic E-state index is 5.88. The topological polar surface area (TPSA) is 37.3 Å². The number of aromatic nitrogens is 1. The van der Waals surface area contributed by atoms with E-state index < -0.39 is 0 Å². The summed E-state index contributed by atoms with van der Waals surface area (Å²) in [6.07, 6.45) is 3.38. The average Bonchev–Trinajstić information content (AvgIpc) is 2.92. The molecule has 0 fully saturated rings. The maximum atomic E-state index is 5.88. The Kier molecular flexibility index (Phi) is 5.56. The number of rotatable bonds is 6. The van der Waals surface area contributed by atoms with Gasteiger partial charge in [-0.1, -0.05) is 37.1 Å². The Labute approximate surface area is 128 Å². The maximum Gasteiger partial charge on any atom is 0.203 e. The molecule has 2 rings (SSSR count). The molecule has 2 aromatic rings. The molecule has 0 bridgehead atoms. The molecule has 20 heavy (non-hydrogen) atoms. The molecule has 1 heterocycles. The highest BCUT2D eigenvalue weighted by Crippen LogP contribution is 2.25. The number of hydrogen-bond acceptors (Lipinski definition) is 4. The summed E-state index contributed by atoms with van der Waals surface area (Å²) in [7, 11) is 0. The highest BCUT2D eigenvalue weighted by atomic mass is 35.5. The van der Waals surface area contributed by atoms with E-state index in [1.165, 1.54) is 12.8 Å². The summed E-state index contributed by atoms with van der Waals surface area (Å²) in [5.41, 5.74) is 6.13. The highest BCUT2D eigenvalue weighted by Gasteiger charge is 2.04. The van der Waals surface area contributed by atoms with Gasteiger partial charge in [0, 0.05) is 21.7 Å². The third-order valence-electron chi connectivity index (χ3n) is 2.88. The smallest absolute Gasteiger partial charge is 0.203 e. The number of halogens is 1. The summed E-state index contributed by atoms with van der Waals surface area (Å²) >= 11 is 7.43. The second kappa shape index (κ2) is 7.41.